The minimum Gasteiger partial charge on any atom is -0.396 e. The topological polar surface area (TPSA) is 97.1 Å². The lowest BCUT2D eigenvalue weighted by Gasteiger charge is -2.12. The Bertz CT molecular complexity index is 653. The van der Waals surface area contributed by atoms with Gasteiger partial charge in [-0.25, -0.2) is 0 Å². The highest BCUT2D eigenvalue weighted by Gasteiger charge is 2.21. The number of thiophene rings is 1. The predicted octanol–water partition coefficient (Wildman–Crippen LogP) is 1.13. The third-order valence-corrected chi connectivity index (χ3v) is 3.94. The summed E-state index contributed by atoms with van der Waals surface area (Å²) in [6, 6.07) is 3.03. The van der Waals surface area contributed by atoms with E-state index in [0.717, 1.165) is 4.70 Å². The number of rotatable bonds is 4. The molecule has 0 aliphatic heterocycles. The molecule has 7 heteroatoms. The number of carbonyl (C=O) groups is 2. The minimum absolute atomic E-state index is 0.223. The lowest BCUT2D eigenvalue weighted by Crippen LogP contribution is -2.44. The molecule has 2 amide bonds. The molecule has 20 heavy (non-hydrogen) atoms. The minimum atomic E-state index is -0.611. The molecule has 0 bridgehead atoms. The second-order valence-electron chi connectivity index (χ2n) is 4.28. The molecule has 1 atom stereocenters. The number of nitrogens with one attached hydrogen (secondary N) is 2. The van der Waals surface area contributed by atoms with Crippen molar-refractivity contribution in [3.05, 3.63) is 23.2 Å². The first-order valence-electron chi connectivity index (χ1n) is 6.26. The molecular weight excluding hydrogens is 276 g/mol. The van der Waals surface area contributed by atoms with E-state index in [9.17, 15) is 9.59 Å². The number of amides is 2. The third kappa shape index (κ3) is 2.72. The highest BCUT2D eigenvalue weighted by Crippen LogP contribution is 2.31. The fourth-order valence-electron chi connectivity index (χ4n) is 1.77. The number of nitrogens with two attached hydrogens (primary N) is 1. The van der Waals surface area contributed by atoms with Gasteiger partial charge in [-0.15, -0.1) is 11.3 Å². The predicted molar refractivity (Wildman–Crippen MR) is 79.6 cm³/mol. The van der Waals surface area contributed by atoms with E-state index in [1.165, 1.54) is 11.3 Å². The SMILES string of the molecule is CCNC(=O)C(C)NC(=O)c1sc2cccnc2c1N. The van der Waals surface area contributed by atoms with Crippen LogP contribution in [-0.2, 0) is 4.79 Å². The molecule has 0 saturated carbocycles. The number of pyridine rings is 1. The summed E-state index contributed by atoms with van der Waals surface area (Å²) in [4.78, 5) is 28.3. The van der Waals surface area contributed by atoms with Gasteiger partial charge in [0.15, 0.2) is 0 Å². The van der Waals surface area contributed by atoms with Gasteiger partial charge in [0, 0.05) is 12.7 Å². The maximum Gasteiger partial charge on any atom is 0.264 e. The van der Waals surface area contributed by atoms with Crippen LogP contribution >= 0.6 is 11.3 Å². The molecule has 2 aromatic heterocycles. The molecule has 2 aromatic rings. The first-order valence-corrected chi connectivity index (χ1v) is 7.07. The van der Waals surface area contributed by atoms with Crippen molar-refractivity contribution in [3.8, 4) is 0 Å². The van der Waals surface area contributed by atoms with E-state index in [4.69, 9.17) is 5.73 Å². The number of nitrogen functional groups attached to an aromatic ring is 1. The maximum absolute atomic E-state index is 12.2. The quantitative estimate of drug-likeness (QED) is 0.787. The van der Waals surface area contributed by atoms with Crippen LogP contribution in [0.5, 0.6) is 0 Å². The smallest absolute Gasteiger partial charge is 0.264 e. The van der Waals surface area contributed by atoms with Gasteiger partial charge in [0.2, 0.25) is 5.91 Å². The van der Waals surface area contributed by atoms with Gasteiger partial charge < -0.3 is 16.4 Å². The molecule has 0 spiro atoms. The van der Waals surface area contributed by atoms with E-state index in [-0.39, 0.29) is 11.8 Å². The van der Waals surface area contributed by atoms with Crippen LogP contribution in [0.1, 0.15) is 23.5 Å². The number of likely N-dealkylation sites (N-methyl/N-ethyl adjacent to an activating group) is 1. The van der Waals surface area contributed by atoms with Crippen LogP contribution in [0, 0.1) is 0 Å². The molecular formula is C13H16N4O2S. The van der Waals surface area contributed by atoms with Crippen molar-refractivity contribution in [3.63, 3.8) is 0 Å². The molecule has 0 radical (unpaired) electrons. The number of aromatic nitrogens is 1. The number of anilines is 1. The van der Waals surface area contributed by atoms with Crippen LogP contribution in [0.2, 0.25) is 0 Å². The van der Waals surface area contributed by atoms with E-state index >= 15 is 0 Å². The van der Waals surface area contributed by atoms with E-state index in [0.29, 0.717) is 22.6 Å². The standard InChI is InChI=1S/C13H16N4O2S/c1-3-15-12(18)7(2)17-13(19)11-9(14)10-8(20-11)5-4-6-16-10/h4-7H,3,14H2,1-2H3,(H,15,18)(H,17,19). The third-order valence-electron chi connectivity index (χ3n) is 2.78. The van der Waals surface area contributed by atoms with Gasteiger partial charge >= 0.3 is 0 Å². The molecule has 1 unspecified atom stereocenters. The summed E-state index contributed by atoms with van der Waals surface area (Å²) in [5.41, 5.74) is 6.91. The largest absolute Gasteiger partial charge is 0.396 e. The summed E-state index contributed by atoms with van der Waals surface area (Å²) in [5, 5.41) is 5.28. The first-order chi connectivity index (χ1) is 9.54. The summed E-state index contributed by atoms with van der Waals surface area (Å²) >= 11 is 1.27. The zero-order chi connectivity index (χ0) is 14.7. The Morgan fingerprint density at radius 2 is 2.25 bits per heavy atom. The van der Waals surface area contributed by atoms with Gasteiger partial charge in [-0.2, -0.15) is 0 Å². The highest BCUT2D eigenvalue weighted by molar-refractivity contribution is 7.21. The molecule has 2 heterocycles. The number of fused-ring (bicyclic) bond motifs is 1. The van der Waals surface area contributed by atoms with Crippen molar-refractivity contribution in [2.75, 3.05) is 12.3 Å². The number of nitrogens with zero attached hydrogens (tertiary/aromatic N) is 1. The average Bonchev–Trinajstić information content (AvgIpc) is 2.77. The fourth-order valence-corrected chi connectivity index (χ4v) is 2.76. The second-order valence-corrected chi connectivity index (χ2v) is 5.34. The normalized spacial score (nSPS) is 12.1. The second kappa shape index (κ2) is 5.87. The molecule has 106 valence electrons. The van der Waals surface area contributed by atoms with Crippen LogP contribution < -0.4 is 16.4 Å². The highest BCUT2D eigenvalue weighted by atomic mass is 32.1. The monoisotopic (exact) mass is 292 g/mol. The average molecular weight is 292 g/mol. The van der Waals surface area contributed by atoms with Gasteiger partial charge in [-0.05, 0) is 26.0 Å². The summed E-state index contributed by atoms with van der Waals surface area (Å²) in [5.74, 6) is -0.581. The van der Waals surface area contributed by atoms with Crippen molar-refractivity contribution in [2.45, 2.75) is 19.9 Å². The molecule has 6 nitrogen and oxygen atoms in total. The van der Waals surface area contributed by atoms with E-state index < -0.39 is 6.04 Å². The van der Waals surface area contributed by atoms with Crippen molar-refractivity contribution in [2.24, 2.45) is 0 Å². The van der Waals surface area contributed by atoms with Crippen molar-refractivity contribution < 1.29 is 9.59 Å². The van der Waals surface area contributed by atoms with Crippen LogP contribution in [-0.4, -0.2) is 29.4 Å². The Labute approximate surface area is 120 Å². The summed E-state index contributed by atoms with van der Waals surface area (Å²) in [6.45, 7) is 3.97. The van der Waals surface area contributed by atoms with Crippen LogP contribution in [0.25, 0.3) is 10.2 Å². The molecule has 0 aromatic carbocycles. The Morgan fingerprint density at radius 1 is 1.50 bits per heavy atom. The first kappa shape index (κ1) is 14.3. The van der Waals surface area contributed by atoms with Crippen LogP contribution in [0.4, 0.5) is 5.69 Å². The molecule has 0 aliphatic carbocycles. The lowest BCUT2D eigenvalue weighted by atomic mass is 10.2. The Kier molecular flexibility index (Phi) is 4.19. The van der Waals surface area contributed by atoms with Gasteiger partial charge in [0.05, 0.1) is 10.4 Å². The van der Waals surface area contributed by atoms with Crippen molar-refractivity contribution in [1.29, 1.82) is 0 Å². The van der Waals surface area contributed by atoms with Gasteiger partial charge in [-0.1, -0.05) is 0 Å². The van der Waals surface area contributed by atoms with E-state index in [1.54, 1.807) is 19.2 Å². The molecule has 0 fully saturated rings. The van der Waals surface area contributed by atoms with Crippen LogP contribution in [0.3, 0.4) is 0 Å². The molecule has 2 rings (SSSR count). The number of carbonyl (C=O) groups excluding carboxylic acids is 2. The Balaban J connectivity index is 2.19. The van der Waals surface area contributed by atoms with Gasteiger partial charge in [0.1, 0.15) is 16.4 Å². The summed E-state index contributed by atoms with van der Waals surface area (Å²) in [6.07, 6.45) is 1.63. The fraction of sp³-hybridized carbons (Fsp3) is 0.308. The lowest BCUT2D eigenvalue weighted by molar-refractivity contribution is -0.122. The van der Waals surface area contributed by atoms with E-state index in [2.05, 4.69) is 15.6 Å². The van der Waals surface area contributed by atoms with Crippen molar-refractivity contribution in [1.82, 2.24) is 15.6 Å². The number of hydrogen-bond acceptors (Lipinski definition) is 5. The number of hydrogen-bond donors (Lipinski definition) is 3. The molecule has 0 aliphatic rings. The molecule has 0 saturated heterocycles. The van der Waals surface area contributed by atoms with Gasteiger partial charge in [0.25, 0.3) is 5.91 Å². The van der Waals surface area contributed by atoms with E-state index in [1.807, 2.05) is 13.0 Å². The maximum atomic E-state index is 12.2. The zero-order valence-corrected chi connectivity index (χ0v) is 12.1. The Hall–Kier alpha value is -2.15. The summed E-state index contributed by atoms with van der Waals surface area (Å²) < 4.78 is 0.848. The molecule has 4 N–H and O–H groups in total. The van der Waals surface area contributed by atoms with Crippen LogP contribution in [0.15, 0.2) is 18.3 Å². The zero-order valence-electron chi connectivity index (χ0n) is 11.3. The summed E-state index contributed by atoms with van der Waals surface area (Å²) in [7, 11) is 0. The van der Waals surface area contributed by atoms with Gasteiger partial charge in [-0.3, -0.25) is 14.6 Å². The Morgan fingerprint density at radius 3 is 2.90 bits per heavy atom. The van der Waals surface area contributed by atoms with Crippen molar-refractivity contribution >= 4 is 39.1 Å².